The molecule has 0 heterocycles. The summed E-state index contributed by atoms with van der Waals surface area (Å²) in [6.45, 7) is 1.93. The number of hydrogen-bond donors (Lipinski definition) is 0. The average Bonchev–Trinajstić information content (AvgIpc) is 2.41. The summed E-state index contributed by atoms with van der Waals surface area (Å²) in [5.74, 6) is 0.0303. The van der Waals surface area contributed by atoms with Gasteiger partial charge in [0.15, 0.2) is 0 Å². The Kier molecular flexibility index (Phi) is 4.57. The molecule has 0 aromatic heterocycles. The molecule has 2 nitrogen and oxygen atoms in total. The Morgan fingerprint density at radius 1 is 1.28 bits per heavy atom. The summed E-state index contributed by atoms with van der Waals surface area (Å²) in [6, 6.07) is 10.3. The number of ether oxygens (including phenoxy) is 1. The highest BCUT2D eigenvalue weighted by atomic mass is 16.5. The Hall–Kier alpha value is -1.57. The molecule has 2 rings (SSSR count). The quantitative estimate of drug-likeness (QED) is 0.594. The highest BCUT2D eigenvalue weighted by Gasteiger charge is 2.19. The lowest BCUT2D eigenvalue weighted by Crippen LogP contribution is -2.14. The Labute approximate surface area is 109 Å². The van der Waals surface area contributed by atoms with E-state index in [1.54, 1.807) is 0 Å². The number of benzene rings is 1. The van der Waals surface area contributed by atoms with Crippen molar-refractivity contribution in [3.8, 4) is 0 Å². The first-order valence-electron chi connectivity index (χ1n) is 6.64. The molecule has 0 saturated heterocycles. The maximum Gasteiger partial charge on any atom is 0.302 e. The van der Waals surface area contributed by atoms with E-state index in [9.17, 15) is 4.79 Å². The second kappa shape index (κ2) is 6.39. The van der Waals surface area contributed by atoms with Crippen LogP contribution in [0.15, 0.2) is 42.0 Å². The number of carbonyl (C=O) groups is 1. The van der Waals surface area contributed by atoms with Crippen LogP contribution >= 0.6 is 0 Å². The zero-order valence-electron chi connectivity index (χ0n) is 10.9. The molecule has 2 heteroatoms. The number of hydrogen-bond acceptors (Lipinski definition) is 2. The van der Waals surface area contributed by atoms with Crippen molar-refractivity contribution >= 4 is 5.97 Å². The van der Waals surface area contributed by atoms with Gasteiger partial charge in [-0.3, -0.25) is 4.79 Å². The van der Waals surface area contributed by atoms with Crippen LogP contribution in [0.3, 0.4) is 0 Å². The van der Waals surface area contributed by atoms with Crippen molar-refractivity contribution in [3.05, 3.63) is 47.5 Å². The molecule has 1 aliphatic carbocycles. The lowest BCUT2D eigenvalue weighted by molar-refractivity contribution is -0.141. The summed E-state index contributed by atoms with van der Waals surface area (Å²) in [5.41, 5.74) is 2.67. The van der Waals surface area contributed by atoms with E-state index in [-0.39, 0.29) is 11.9 Å². The third kappa shape index (κ3) is 3.46. The summed E-state index contributed by atoms with van der Waals surface area (Å²) < 4.78 is 5.23. The first-order valence-corrected chi connectivity index (χ1v) is 6.64. The molecule has 96 valence electrons. The van der Waals surface area contributed by atoms with Crippen LogP contribution in [-0.4, -0.2) is 12.6 Å². The Morgan fingerprint density at radius 3 is 2.67 bits per heavy atom. The monoisotopic (exact) mass is 244 g/mol. The van der Waals surface area contributed by atoms with Crippen LogP contribution in [0.4, 0.5) is 0 Å². The molecule has 0 fully saturated rings. The van der Waals surface area contributed by atoms with Crippen molar-refractivity contribution in [1.29, 1.82) is 0 Å². The van der Waals surface area contributed by atoms with Gasteiger partial charge in [0.2, 0.25) is 0 Å². The van der Waals surface area contributed by atoms with Crippen molar-refractivity contribution in [2.24, 2.45) is 0 Å². The fraction of sp³-hybridized carbons (Fsp3) is 0.438. The van der Waals surface area contributed by atoms with Crippen LogP contribution < -0.4 is 0 Å². The zero-order valence-corrected chi connectivity index (χ0v) is 10.9. The molecule has 0 radical (unpaired) electrons. The van der Waals surface area contributed by atoms with Gasteiger partial charge in [-0.25, -0.2) is 0 Å². The minimum absolute atomic E-state index is 0.202. The SMILES string of the molecule is CC(=O)OCC(C1=CCCCC1)c1ccccc1. The topological polar surface area (TPSA) is 26.3 Å². The molecule has 0 spiro atoms. The van der Waals surface area contributed by atoms with Crippen molar-refractivity contribution in [3.63, 3.8) is 0 Å². The third-order valence-corrected chi connectivity index (χ3v) is 3.43. The maximum absolute atomic E-state index is 11.0. The van der Waals surface area contributed by atoms with E-state index in [2.05, 4.69) is 18.2 Å². The van der Waals surface area contributed by atoms with Gasteiger partial charge in [-0.15, -0.1) is 0 Å². The maximum atomic E-state index is 11.0. The fourth-order valence-corrected chi connectivity index (χ4v) is 2.48. The second-order valence-corrected chi connectivity index (χ2v) is 4.79. The molecule has 0 amide bonds. The van der Waals surface area contributed by atoms with Crippen molar-refractivity contribution in [2.45, 2.75) is 38.5 Å². The normalized spacial score (nSPS) is 16.8. The Balaban J connectivity index is 2.17. The van der Waals surface area contributed by atoms with Gasteiger partial charge in [0.1, 0.15) is 6.61 Å². The van der Waals surface area contributed by atoms with E-state index in [4.69, 9.17) is 4.74 Å². The number of carbonyl (C=O) groups excluding carboxylic acids is 1. The summed E-state index contributed by atoms with van der Waals surface area (Å²) in [4.78, 5) is 11.0. The first-order chi connectivity index (χ1) is 8.77. The highest BCUT2D eigenvalue weighted by molar-refractivity contribution is 5.66. The van der Waals surface area contributed by atoms with Crippen molar-refractivity contribution in [1.82, 2.24) is 0 Å². The van der Waals surface area contributed by atoms with Gasteiger partial charge < -0.3 is 4.74 Å². The van der Waals surface area contributed by atoms with Gasteiger partial charge in [0, 0.05) is 12.8 Å². The van der Waals surface area contributed by atoms with Crippen LogP contribution in [0.5, 0.6) is 0 Å². The Bertz CT molecular complexity index is 420. The fourth-order valence-electron chi connectivity index (χ4n) is 2.48. The number of rotatable bonds is 4. The van der Waals surface area contributed by atoms with Gasteiger partial charge >= 0.3 is 5.97 Å². The van der Waals surface area contributed by atoms with Crippen molar-refractivity contribution < 1.29 is 9.53 Å². The standard InChI is InChI=1S/C16H20O2/c1-13(17)18-12-16(14-8-4-2-5-9-14)15-10-6-3-7-11-15/h2,4-5,8-10,16H,3,6-7,11-12H2,1H3. The van der Waals surface area contributed by atoms with E-state index in [0.29, 0.717) is 6.61 Å². The summed E-state index contributed by atoms with van der Waals surface area (Å²) in [6.07, 6.45) is 7.12. The number of esters is 1. The highest BCUT2D eigenvalue weighted by Crippen LogP contribution is 2.31. The molecular formula is C16H20O2. The molecule has 1 atom stereocenters. The van der Waals surface area contributed by atoms with Gasteiger partial charge in [-0.1, -0.05) is 42.0 Å². The molecule has 0 N–H and O–H groups in total. The zero-order chi connectivity index (χ0) is 12.8. The smallest absolute Gasteiger partial charge is 0.302 e. The van der Waals surface area contributed by atoms with E-state index < -0.39 is 0 Å². The van der Waals surface area contributed by atoms with Crippen molar-refractivity contribution in [2.75, 3.05) is 6.61 Å². The molecule has 0 aliphatic heterocycles. The molecule has 1 aromatic rings. The lowest BCUT2D eigenvalue weighted by atomic mass is 9.85. The molecule has 1 aromatic carbocycles. The van der Waals surface area contributed by atoms with Crippen LogP contribution in [-0.2, 0) is 9.53 Å². The van der Waals surface area contributed by atoms with E-state index in [1.807, 2.05) is 18.2 Å². The van der Waals surface area contributed by atoms with Crippen LogP contribution in [0.2, 0.25) is 0 Å². The minimum atomic E-state index is -0.202. The second-order valence-electron chi connectivity index (χ2n) is 4.79. The van der Waals surface area contributed by atoms with Gasteiger partial charge in [0.25, 0.3) is 0 Å². The van der Waals surface area contributed by atoms with Gasteiger partial charge in [-0.2, -0.15) is 0 Å². The van der Waals surface area contributed by atoms with Crippen LogP contribution in [0.25, 0.3) is 0 Å². The predicted molar refractivity (Wildman–Crippen MR) is 72.4 cm³/mol. The minimum Gasteiger partial charge on any atom is -0.465 e. The number of allylic oxidation sites excluding steroid dienone is 1. The summed E-state index contributed by atoms with van der Waals surface area (Å²) >= 11 is 0. The first kappa shape index (κ1) is 12.9. The summed E-state index contributed by atoms with van der Waals surface area (Å²) in [7, 11) is 0. The van der Waals surface area contributed by atoms with Gasteiger partial charge in [-0.05, 0) is 31.2 Å². The molecule has 1 aliphatic rings. The third-order valence-electron chi connectivity index (χ3n) is 3.43. The molecular weight excluding hydrogens is 224 g/mol. The summed E-state index contributed by atoms with van der Waals surface area (Å²) in [5, 5.41) is 0. The average molecular weight is 244 g/mol. The van der Waals surface area contributed by atoms with E-state index in [0.717, 1.165) is 12.8 Å². The Morgan fingerprint density at radius 2 is 2.06 bits per heavy atom. The molecule has 0 saturated carbocycles. The van der Waals surface area contributed by atoms with Crippen LogP contribution in [0, 0.1) is 0 Å². The van der Waals surface area contributed by atoms with Gasteiger partial charge in [0.05, 0.1) is 0 Å². The molecule has 18 heavy (non-hydrogen) atoms. The molecule has 0 bridgehead atoms. The lowest BCUT2D eigenvalue weighted by Gasteiger charge is -2.23. The largest absolute Gasteiger partial charge is 0.465 e. The predicted octanol–water partition coefficient (Wildman–Crippen LogP) is 3.83. The van der Waals surface area contributed by atoms with Crippen LogP contribution in [0.1, 0.15) is 44.1 Å². The van der Waals surface area contributed by atoms with E-state index >= 15 is 0 Å². The molecule has 1 unspecified atom stereocenters. The van der Waals surface area contributed by atoms with E-state index in [1.165, 1.54) is 30.9 Å².